The van der Waals surface area contributed by atoms with Crippen molar-refractivity contribution in [2.45, 2.75) is 6.10 Å². The molecule has 8 nitrogen and oxygen atoms in total. The summed E-state index contributed by atoms with van der Waals surface area (Å²) in [6.07, 6.45) is 1.04. The second kappa shape index (κ2) is 6.94. The highest BCUT2D eigenvalue weighted by Gasteiger charge is 2.25. The number of rotatable bonds is 4. The summed E-state index contributed by atoms with van der Waals surface area (Å²) in [6, 6.07) is 1.79. The molecule has 2 aromatic rings. The molecule has 0 spiro atoms. The third kappa shape index (κ3) is 3.38. The van der Waals surface area contributed by atoms with Crippen molar-refractivity contribution in [1.29, 1.82) is 0 Å². The molecule has 2 unspecified atom stereocenters. The highest BCUT2D eigenvalue weighted by molar-refractivity contribution is 7.12. The van der Waals surface area contributed by atoms with E-state index in [1.165, 1.54) is 22.3 Å². The maximum Gasteiger partial charge on any atom is 0.263 e. The average molecular weight is 331 g/mol. The Morgan fingerprint density at radius 1 is 1.57 bits per heavy atom. The Morgan fingerprint density at radius 2 is 2.43 bits per heavy atom. The van der Waals surface area contributed by atoms with Crippen LogP contribution in [0.5, 0.6) is 0 Å². The standard InChI is InChI=1S/C11H14N6O2S.ClH/c18-9-5-12-3-7(9)4-13-11(19)10-8(1-2-20-10)17-6-14-15-16-17;/h1-2,6-7,9,12,18H,3-5H2,(H,13,19);1H. The first-order valence-corrected chi connectivity index (χ1v) is 7.11. The number of carbonyl (C=O) groups is 1. The van der Waals surface area contributed by atoms with Gasteiger partial charge in [0.15, 0.2) is 0 Å². The Morgan fingerprint density at radius 3 is 3.10 bits per heavy atom. The maximum absolute atomic E-state index is 12.2. The van der Waals surface area contributed by atoms with Crippen LogP contribution in [0, 0.1) is 5.92 Å². The number of aliphatic hydroxyl groups excluding tert-OH is 1. The fraction of sp³-hybridized carbons (Fsp3) is 0.455. The second-order valence-electron chi connectivity index (χ2n) is 4.59. The van der Waals surface area contributed by atoms with Crippen LogP contribution in [-0.2, 0) is 0 Å². The van der Waals surface area contributed by atoms with Crippen molar-refractivity contribution in [3.8, 4) is 5.69 Å². The van der Waals surface area contributed by atoms with Gasteiger partial charge in [-0.1, -0.05) is 0 Å². The number of tetrazole rings is 1. The van der Waals surface area contributed by atoms with E-state index in [2.05, 4.69) is 26.2 Å². The van der Waals surface area contributed by atoms with Crippen molar-refractivity contribution in [3.63, 3.8) is 0 Å². The van der Waals surface area contributed by atoms with Crippen molar-refractivity contribution < 1.29 is 9.90 Å². The Balaban J connectivity index is 0.00000161. The first-order chi connectivity index (χ1) is 9.75. The van der Waals surface area contributed by atoms with Gasteiger partial charge in [-0.3, -0.25) is 4.79 Å². The molecule has 0 saturated carbocycles. The van der Waals surface area contributed by atoms with E-state index in [-0.39, 0.29) is 24.2 Å². The van der Waals surface area contributed by atoms with Crippen molar-refractivity contribution >= 4 is 29.7 Å². The highest BCUT2D eigenvalue weighted by atomic mass is 35.5. The molecule has 3 heterocycles. The smallest absolute Gasteiger partial charge is 0.263 e. The number of nitrogens with zero attached hydrogens (tertiary/aromatic N) is 4. The zero-order chi connectivity index (χ0) is 13.9. The van der Waals surface area contributed by atoms with Gasteiger partial charge in [-0.15, -0.1) is 28.8 Å². The lowest BCUT2D eigenvalue weighted by Crippen LogP contribution is -2.34. The summed E-state index contributed by atoms with van der Waals surface area (Å²) in [6.45, 7) is 1.74. The van der Waals surface area contributed by atoms with Crippen LogP contribution in [0.2, 0.25) is 0 Å². The quantitative estimate of drug-likeness (QED) is 0.695. The molecule has 3 rings (SSSR count). The first kappa shape index (κ1) is 15.8. The molecule has 10 heteroatoms. The fourth-order valence-corrected chi connectivity index (χ4v) is 2.95. The van der Waals surface area contributed by atoms with Crippen LogP contribution in [0.3, 0.4) is 0 Å². The number of hydrogen-bond donors (Lipinski definition) is 3. The van der Waals surface area contributed by atoms with Gasteiger partial charge in [0, 0.05) is 25.6 Å². The number of carbonyl (C=O) groups excluding carboxylic acids is 1. The molecule has 0 aliphatic carbocycles. The monoisotopic (exact) mass is 330 g/mol. The van der Waals surface area contributed by atoms with E-state index in [0.29, 0.717) is 30.2 Å². The zero-order valence-electron chi connectivity index (χ0n) is 11.0. The molecule has 0 bridgehead atoms. The Labute approximate surface area is 131 Å². The molecule has 1 aliphatic heterocycles. The number of halogens is 1. The zero-order valence-corrected chi connectivity index (χ0v) is 12.6. The lowest BCUT2D eigenvalue weighted by atomic mass is 10.1. The molecule has 3 N–H and O–H groups in total. The maximum atomic E-state index is 12.2. The molecular formula is C11H15ClN6O2S. The minimum atomic E-state index is -0.405. The van der Waals surface area contributed by atoms with E-state index in [9.17, 15) is 9.90 Å². The number of amides is 1. The molecule has 2 aromatic heterocycles. The summed E-state index contributed by atoms with van der Waals surface area (Å²) in [7, 11) is 0. The third-order valence-corrected chi connectivity index (χ3v) is 4.18. The topological polar surface area (TPSA) is 105 Å². The van der Waals surface area contributed by atoms with Gasteiger partial charge < -0.3 is 15.7 Å². The lowest BCUT2D eigenvalue weighted by molar-refractivity contribution is 0.0931. The summed E-state index contributed by atoms with van der Waals surface area (Å²) >= 11 is 1.33. The number of nitrogens with one attached hydrogen (secondary N) is 2. The molecule has 0 aromatic carbocycles. The number of β-amino-alcohol motifs (C(OH)–C–C–N with tert-alkyl or cyclic N) is 1. The van der Waals surface area contributed by atoms with Crippen molar-refractivity contribution in [1.82, 2.24) is 30.8 Å². The van der Waals surface area contributed by atoms with Crippen LogP contribution < -0.4 is 10.6 Å². The highest BCUT2D eigenvalue weighted by Crippen LogP contribution is 2.20. The Hall–Kier alpha value is -1.55. The van der Waals surface area contributed by atoms with Crippen molar-refractivity contribution in [3.05, 3.63) is 22.7 Å². The van der Waals surface area contributed by atoms with Gasteiger partial charge in [0.2, 0.25) is 0 Å². The van der Waals surface area contributed by atoms with E-state index >= 15 is 0 Å². The first-order valence-electron chi connectivity index (χ1n) is 6.23. The van der Waals surface area contributed by atoms with Gasteiger partial charge in [0.05, 0.1) is 11.8 Å². The van der Waals surface area contributed by atoms with Gasteiger partial charge in [0.25, 0.3) is 5.91 Å². The van der Waals surface area contributed by atoms with Crippen LogP contribution >= 0.6 is 23.7 Å². The number of aliphatic hydroxyl groups is 1. The summed E-state index contributed by atoms with van der Waals surface area (Å²) in [5.41, 5.74) is 0.655. The molecule has 114 valence electrons. The van der Waals surface area contributed by atoms with E-state index in [0.717, 1.165) is 0 Å². The van der Waals surface area contributed by atoms with Crippen LogP contribution in [-0.4, -0.2) is 57.0 Å². The summed E-state index contributed by atoms with van der Waals surface area (Å²) < 4.78 is 1.46. The number of hydrogen-bond acceptors (Lipinski definition) is 7. The largest absolute Gasteiger partial charge is 0.391 e. The van der Waals surface area contributed by atoms with E-state index < -0.39 is 6.10 Å². The second-order valence-corrected chi connectivity index (χ2v) is 5.50. The molecular weight excluding hydrogens is 316 g/mol. The van der Waals surface area contributed by atoms with E-state index in [4.69, 9.17) is 0 Å². The number of thiophene rings is 1. The lowest BCUT2D eigenvalue weighted by Gasteiger charge is -2.14. The Bertz CT molecular complexity index is 589. The SMILES string of the molecule is Cl.O=C(NCC1CNCC1O)c1sccc1-n1cnnn1. The van der Waals surface area contributed by atoms with Gasteiger partial charge in [-0.05, 0) is 21.9 Å². The van der Waals surface area contributed by atoms with Gasteiger partial charge in [-0.2, -0.15) is 4.68 Å². The molecule has 0 radical (unpaired) electrons. The van der Waals surface area contributed by atoms with E-state index in [1.807, 2.05) is 5.38 Å². The summed E-state index contributed by atoms with van der Waals surface area (Å²) in [5.74, 6) is -0.125. The van der Waals surface area contributed by atoms with Crippen LogP contribution in [0.1, 0.15) is 9.67 Å². The van der Waals surface area contributed by atoms with Gasteiger partial charge >= 0.3 is 0 Å². The normalized spacial score (nSPS) is 21.0. The minimum absolute atomic E-state index is 0. The van der Waals surface area contributed by atoms with Crippen LogP contribution in [0.15, 0.2) is 17.8 Å². The van der Waals surface area contributed by atoms with Gasteiger partial charge in [-0.25, -0.2) is 0 Å². The van der Waals surface area contributed by atoms with Gasteiger partial charge in [0.1, 0.15) is 11.2 Å². The molecule has 1 fully saturated rings. The van der Waals surface area contributed by atoms with E-state index in [1.54, 1.807) is 6.07 Å². The molecule has 21 heavy (non-hydrogen) atoms. The predicted molar refractivity (Wildman–Crippen MR) is 79.0 cm³/mol. The minimum Gasteiger partial charge on any atom is -0.391 e. The van der Waals surface area contributed by atoms with Crippen molar-refractivity contribution in [2.24, 2.45) is 5.92 Å². The third-order valence-electron chi connectivity index (χ3n) is 3.28. The average Bonchev–Trinajstić information content (AvgIpc) is 3.17. The van der Waals surface area contributed by atoms with Crippen LogP contribution in [0.25, 0.3) is 5.69 Å². The Kier molecular flexibility index (Phi) is 5.23. The molecule has 1 aliphatic rings. The fourth-order valence-electron chi connectivity index (χ4n) is 2.16. The number of aromatic nitrogens is 4. The molecule has 1 saturated heterocycles. The van der Waals surface area contributed by atoms with Crippen LogP contribution in [0.4, 0.5) is 0 Å². The summed E-state index contributed by atoms with van der Waals surface area (Å²) in [5, 5.41) is 28.4. The molecule has 1 amide bonds. The summed E-state index contributed by atoms with van der Waals surface area (Å²) in [4.78, 5) is 12.8. The predicted octanol–water partition coefficient (Wildman–Crippen LogP) is -0.544. The molecule has 2 atom stereocenters. The van der Waals surface area contributed by atoms with Crippen molar-refractivity contribution in [2.75, 3.05) is 19.6 Å².